The van der Waals surface area contributed by atoms with E-state index in [4.69, 9.17) is 18.9 Å². The number of hydrogen-bond acceptors (Lipinski definition) is 13. The summed E-state index contributed by atoms with van der Waals surface area (Å²) in [6, 6.07) is -0.957. The highest BCUT2D eigenvalue weighted by molar-refractivity contribution is 5.76. The van der Waals surface area contributed by atoms with Gasteiger partial charge in [-0.3, -0.25) is 4.79 Å². The van der Waals surface area contributed by atoms with E-state index in [0.717, 1.165) is 70.6 Å². The lowest BCUT2D eigenvalue weighted by Gasteiger charge is -2.46. The Bertz CT molecular complexity index is 1410. The predicted octanol–water partition coefficient (Wildman–Crippen LogP) is 4.42. The minimum absolute atomic E-state index is 0.211. The second-order valence-electron chi connectivity index (χ2n) is 15.4. The maximum absolute atomic E-state index is 13.0. The van der Waals surface area contributed by atoms with E-state index in [0.29, 0.717) is 12.8 Å². The van der Waals surface area contributed by atoms with E-state index in [9.17, 15) is 45.6 Å². The van der Waals surface area contributed by atoms with E-state index in [1.165, 1.54) is 0 Å². The normalized spacial score (nSPS) is 28.7. The summed E-state index contributed by atoms with van der Waals surface area (Å²) in [4.78, 5) is 13.0. The number of aliphatic hydroxyl groups excluding tert-OH is 8. The number of ether oxygens (including phenoxy) is 4. The van der Waals surface area contributed by atoms with Crippen LogP contribution in [-0.4, -0.2) is 140 Å². The van der Waals surface area contributed by atoms with Crippen LogP contribution in [0.1, 0.15) is 104 Å². The maximum Gasteiger partial charge on any atom is 0.220 e. The molecular formula is C48H77NO13. The van der Waals surface area contributed by atoms with E-state index >= 15 is 0 Å². The summed E-state index contributed by atoms with van der Waals surface area (Å²) >= 11 is 0. The van der Waals surface area contributed by atoms with Crippen molar-refractivity contribution in [2.24, 2.45) is 0 Å². The molecule has 0 spiro atoms. The van der Waals surface area contributed by atoms with E-state index in [-0.39, 0.29) is 18.9 Å². The molecule has 12 unspecified atom stereocenters. The van der Waals surface area contributed by atoms with Crippen molar-refractivity contribution >= 4 is 5.91 Å². The topological polar surface area (TPSA) is 228 Å². The first-order chi connectivity index (χ1) is 30.1. The summed E-state index contributed by atoms with van der Waals surface area (Å²) in [5, 5.41) is 86.1. The fourth-order valence-corrected chi connectivity index (χ4v) is 6.55. The summed E-state index contributed by atoms with van der Waals surface area (Å²) in [6.07, 6.45) is 27.8. The summed E-state index contributed by atoms with van der Waals surface area (Å²) in [7, 11) is 0. The van der Waals surface area contributed by atoms with E-state index < -0.39 is 86.8 Å². The number of nitrogens with one attached hydrogen (secondary N) is 1. The molecule has 0 aliphatic carbocycles. The number of rotatable bonds is 31. The van der Waals surface area contributed by atoms with Crippen LogP contribution < -0.4 is 5.32 Å². The largest absolute Gasteiger partial charge is 0.394 e. The highest BCUT2D eigenvalue weighted by Crippen LogP contribution is 2.29. The van der Waals surface area contributed by atoms with Crippen molar-refractivity contribution in [3.05, 3.63) is 97.2 Å². The zero-order valence-corrected chi connectivity index (χ0v) is 36.8. The fourth-order valence-electron chi connectivity index (χ4n) is 6.55. The molecule has 0 radical (unpaired) electrons. The van der Waals surface area contributed by atoms with Crippen LogP contribution in [0.5, 0.6) is 0 Å². The van der Waals surface area contributed by atoms with Gasteiger partial charge in [0.25, 0.3) is 0 Å². The lowest BCUT2D eigenvalue weighted by molar-refractivity contribution is -0.359. The molecular weight excluding hydrogens is 799 g/mol. The number of aliphatic hydroxyl groups is 8. The molecule has 0 aromatic heterocycles. The molecule has 2 saturated heterocycles. The van der Waals surface area contributed by atoms with E-state index in [2.05, 4.69) is 104 Å². The van der Waals surface area contributed by atoms with Crippen LogP contribution in [-0.2, 0) is 23.7 Å². The van der Waals surface area contributed by atoms with Crippen molar-refractivity contribution < 1.29 is 64.6 Å². The Morgan fingerprint density at radius 1 is 0.597 bits per heavy atom. The van der Waals surface area contributed by atoms with Gasteiger partial charge in [0, 0.05) is 6.42 Å². The Morgan fingerprint density at radius 3 is 1.69 bits per heavy atom. The standard InChI is InChI=1S/C48H77NO13/c1-3-5-7-9-11-12-13-14-15-16-17-18-19-20-21-22-23-24-26-28-30-32-40(53)49-36(37(52)31-29-27-25-10-8-6-4-2)35-59-47-45(58)43(56)46(39(34-51)61-47)62-48-44(57)42(55)41(54)38(33-50)60-48/h5,7-8,10-12,14-15,17-18,20-21,23-24,29,31,36-39,41-48,50-52,54-58H,3-4,6,9,13,16,19,22,25-28,30,32-35H2,1-2H3,(H,49,53)/b7-5-,10-8+,12-11-,15-14-,18-17-,21-20-,24-23-,31-29+. The van der Waals surface area contributed by atoms with Crippen molar-refractivity contribution in [2.75, 3.05) is 19.8 Å². The van der Waals surface area contributed by atoms with Gasteiger partial charge in [-0.15, -0.1) is 0 Å². The molecule has 0 aromatic carbocycles. The fraction of sp³-hybridized carbons (Fsp3) is 0.646. The average molecular weight is 876 g/mol. The third-order valence-corrected chi connectivity index (χ3v) is 10.2. The lowest BCUT2D eigenvalue weighted by atomic mass is 9.97. The van der Waals surface area contributed by atoms with E-state index in [1.54, 1.807) is 6.08 Å². The van der Waals surface area contributed by atoms with Crippen LogP contribution in [0.4, 0.5) is 0 Å². The molecule has 2 rings (SSSR count). The average Bonchev–Trinajstić information content (AvgIpc) is 3.27. The van der Waals surface area contributed by atoms with Gasteiger partial charge in [0.15, 0.2) is 12.6 Å². The van der Waals surface area contributed by atoms with Crippen molar-refractivity contribution in [1.82, 2.24) is 5.32 Å². The van der Waals surface area contributed by atoms with Crippen LogP contribution in [0.25, 0.3) is 0 Å². The Morgan fingerprint density at radius 2 is 1.11 bits per heavy atom. The molecule has 0 saturated carbocycles. The van der Waals surface area contributed by atoms with Gasteiger partial charge in [0.1, 0.15) is 48.8 Å². The monoisotopic (exact) mass is 876 g/mol. The molecule has 2 fully saturated rings. The molecule has 0 bridgehead atoms. The van der Waals surface area contributed by atoms with Gasteiger partial charge in [0.05, 0.1) is 32.0 Å². The van der Waals surface area contributed by atoms with Gasteiger partial charge in [-0.25, -0.2) is 0 Å². The van der Waals surface area contributed by atoms with Gasteiger partial charge >= 0.3 is 0 Å². The van der Waals surface area contributed by atoms with Gasteiger partial charge in [0.2, 0.25) is 5.91 Å². The number of carbonyl (C=O) groups is 1. The van der Waals surface area contributed by atoms with Crippen LogP contribution >= 0.6 is 0 Å². The molecule has 14 nitrogen and oxygen atoms in total. The summed E-state index contributed by atoms with van der Waals surface area (Å²) in [5.74, 6) is -0.303. The number of carbonyl (C=O) groups excluding carboxylic acids is 1. The van der Waals surface area contributed by atoms with Crippen LogP contribution in [0.3, 0.4) is 0 Å². The molecule has 9 N–H and O–H groups in total. The Balaban J connectivity index is 1.85. The summed E-state index contributed by atoms with van der Waals surface area (Å²) < 4.78 is 22.5. The molecule has 2 heterocycles. The second-order valence-corrected chi connectivity index (χ2v) is 15.4. The highest BCUT2D eigenvalue weighted by Gasteiger charge is 2.50. The van der Waals surface area contributed by atoms with Gasteiger partial charge in [-0.2, -0.15) is 0 Å². The first kappa shape index (κ1) is 55.0. The number of unbranched alkanes of at least 4 members (excludes halogenated alkanes) is 4. The summed E-state index contributed by atoms with van der Waals surface area (Å²) in [5.41, 5.74) is 0. The SMILES string of the molecule is CC/C=C\C/C=C\C/C=C\C/C=C\C/C=C\C/C=C\CCCCC(=O)NC(COC1OC(CO)C(OC2OC(CO)C(O)C(O)C2O)C(O)C1O)C(O)/C=C/CC/C=C/CCC. The van der Waals surface area contributed by atoms with Crippen molar-refractivity contribution in [3.8, 4) is 0 Å². The summed E-state index contributed by atoms with van der Waals surface area (Å²) in [6.45, 7) is 2.45. The van der Waals surface area contributed by atoms with E-state index in [1.807, 2.05) is 6.08 Å². The Labute approximate surface area is 369 Å². The Kier molecular flexibility index (Phi) is 30.5. The van der Waals surface area contributed by atoms with Crippen molar-refractivity contribution in [1.29, 1.82) is 0 Å². The van der Waals surface area contributed by atoms with Crippen LogP contribution in [0.15, 0.2) is 97.2 Å². The van der Waals surface area contributed by atoms with Gasteiger partial charge in [-0.05, 0) is 77.0 Å². The molecule has 62 heavy (non-hydrogen) atoms. The second kappa shape index (κ2) is 34.3. The number of hydrogen-bond donors (Lipinski definition) is 9. The Hall–Kier alpha value is -3.09. The first-order valence-electron chi connectivity index (χ1n) is 22.5. The van der Waals surface area contributed by atoms with Crippen LogP contribution in [0.2, 0.25) is 0 Å². The third kappa shape index (κ3) is 22.0. The minimum Gasteiger partial charge on any atom is -0.394 e. The van der Waals surface area contributed by atoms with Gasteiger partial charge < -0.3 is 65.1 Å². The highest BCUT2D eigenvalue weighted by atomic mass is 16.7. The molecule has 352 valence electrons. The molecule has 0 aromatic rings. The van der Waals surface area contributed by atoms with Crippen molar-refractivity contribution in [3.63, 3.8) is 0 Å². The van der Waals surface area contributed by atoms with Crippen molar-refractivity contribution in [2.45, 2.75) is 177 Å². The van der Waals surface area contributed by atoms with Crippen LogP contribution in [0, 0.1) is 0 Å². The number of allylic oxidation sites excluding steroid dienone is 15. The molecule has 2 aliphatic heterocycles. The molecule has 14 heteroatoms. The first-order valence-corrected chi connectivity index (χ1v) is 22.5. The lowest BCUT2D eigenvalue weighted by Crippen LogP contribution is -2.65. The molecule has 2 aliphatic rings. The minimum atomic E-state index is -1.80. The third-order valence-electron chi connectivity index (χ3n) is 10.2. The molecule has 12 atom stereocenters. The quantitative estimate of drug-likeness (QED) is 0.0348. The zero-order valence-electron chi connectivity index (χ0n) is 36.8. The van der Waals surface area contributed by atoms with Gasteiger partial charge in [-0.1, -0.05) is 117 Å². The molecule has 1 amide bonds. The predicted molar refractivity (Wildman–Crippen MR) is 239 cm³/mol. The maximum atomic E-state index is 13.0. The zero-order chi connectivity index (χ0) is 45.4. The number of amides is 1. The smallest absolute Gasteiger partial charge is 0.220 e.